The molecule has 110 valence electrons. The normalized spacial score (nSPS) is 10.3. The molecule has 5 heteroatoms. The first-order chi connectivity index (χ1) is 10.0. The maximum atomic E-state index is 13.7. The van der Waals surface area contributed by atoms with Gasteiger partial charge in [-0.15, -0.1) is 0 Å². The number of benzene rings is 2. The maximum Gasteiger partial charge on any atom is 0.326 e. The van der Waals surface area contributed by atoms with Gasteiger partial charge in [-0.25, -0.2) is 9.18 Å². The number of para-hydroxylation sites is 1. The van der Waals surface area contributed by atoms with E-state index in [0.717, 1.165) is 11.3 Å². The van der Waals surface area contributed by atoms with Gasteiger partial charge in [-0.1, -0.05) is 29.8 Å². The summed E-state index contributed by atoms with van der Waals surface area (Å²) < 4.78 is 13.7. The van der Waals surface area contributed by atoms with Crippen LogP contribution < -0.4 is 10.2 Å². The van der Waals surface area contributed by atoms with Crippen LogP contribution in [0.1, 0.15) is 12.5 Å². The maximum absolute atomic E-state index is 13.7. The van der Waals surface area contributed by atoms with Gasteiger partial charge >= 0.3 is 6.03 Å². The van der Waals surface area contributed by atoms with Crippen molar-refractivity contribution in [3.05, 3.63) is 58.9 Å². The lowest BCUT2D eigenvalue weighted by Crippen LogP contribution is -2.35. The minimum Gasteiger partial charge on any atom is -0.304 e. The lowest BCUT2D eigenvalue weighted by atomic mass is 10.2. The van der Waals surface area contributed by atoms with Gasteiger partial charge in [-0.05, 0) is 43.7 Å². The summed E-state index contributed by atoms with van der Waals surface area (Å²) in [5.41, 5.74) is 1.79. The molecule has 1 N–H and O–H groups in total. The van der Waals surface area contributed by atoms with Crippen LogP contribution in [-0.4, -0.2) is 12.6 Å². The number of hydrogen-bond acceptors (Lipinski definition) is 1. The summed E-state index contributed by atoms with van der Waals surface area (Å²) in [6.45, 7) is 4.26. The average molecular weight is 307 g/mol. The fourth-order valence-electron chi connectivity index (χ4n) is 2.03. The molecule has 0 radical (unpaired) electrons. The third kappa shape index (κ3) is 3.52. The van der Waals surface area contributed by atoms with E-state index in [4.69, 9.17) is 11.6 Å². The van der Waals surface area contributed by atoms with Crippen molar-refractivity contribution in [1.29, 1.82) is 0 Å². The summed E-state index contributed by atoms with van der Waals surface area (Å²) in [7, 11) is 0. The summed E-state index contributed by atoms with van der Waals surface area (Å²) in [4.78, 5) is 13.9. The Morgan fingerprint density at radius 2 is 2.00 bits per heavy atom. The lowest BCUT2D eigenvalue weighted by molar-refractivity contribution is 0.257. The Bertz CT molecular complexity index is 640. The highest BCUT2D eigenvalue weighted by Crippen LogP contribution is 2.25. The van der Waals surface area contributed by atoms with Crippen molar-refractivity contribution in [3.63, 3.8) is 0 Å². The fourth-order valence-corrected chi connectivity index (χ4v) is 2.24. The van der Waals surface area contributed by atoms with Crippen LogP contribution >= 0.6 is 11.6 Å². The number of anilines is 2. The number of halogens is 2. The molecule has 2 amide bonds. The second kappa shape index (κ2) is 6.59. The van der Waals surface area contributed by atoms with Gasteiger partial charge in [0.1, 0.15) is 5.82 Å². The van der Waals surface area contributed by atoms with Crippen LogP contribution in [-0.2, 0) is 0 Å². The highest BCUT2D eigenvalue weighted by atomic mass is 35.5. The summed E-state index contributed by atoms with van der Waals surface area (Å²) in [5.74, 6) is -0.559. The van der Waals surface area contributed by atoms with E-state index in [9.17, 15) is 9.18 Å². The van der Waals surface area contributed by atoms with Crippen LogP contribution in [0.4, 0.5) is 20.6 Å². The molecule has 0 aliphatic rings. The topological polar surface area (TPSA) is 32.3 Å². The zero-order valence-corrected chi connectivity index (χ0v) is 12.6. The van der Waals surface area contributed by atoms with Crippen molar-refractivity contribution in [2.75, 3.05) is 16.8 Å². The second-order valence-corrected chi connectivity index (χ2v) is 5.02. The largest absolute Gasteiger partial charge is 0.326 e. The summed E-state index contributed by atoms with van der Waals surface area (Å²) in [5, 5.41) is 2.70. The number of hydrogen-bond donors (Lipinski definition) is 1. The zero-order chi connectivity index (χ0) is 15.4. The first-order valence-corrected chi connectivity index (χ1v) is 7.00. The molecule has 0 saturated heterocycles. The number of amides is 2. The molecule has 2 aromatic carbocycles. The molecule has 0 spiro atoms. The van der Waals surface area contributed by atoms with E-state index in [1.54, 1.807) is 0 Å². The van der Waals surface area contributed by atoms with E-state index in [1.165, 1.54) is 23.1 Å². The van der Waals surface area contributed by atoms with Crippen molar-refractivity contribution in [3.8, 4) is 0 Å². The summed E-state index contributed by atoms with van der Waals surface area (Å²) in [6, 6.07) is 11.4. The van der Waals surface area contributed by atoms with Crippen LogP contribution in [0.5, 0.6) is 0 Å². The third-order valence-electron chi connectivity index (χ3n) is 3.07. The van der Waals surface area contributed by atoms with E-state index < -0.39 is 11.8 Å². The molecule has 0 aliphatic carbocycles. The van der Waals surface area contributed by atoms with Crippen molar-refractivity contribution in [1.82, 2.24) is 0 Å². The van der Waals surface area contributed by atoms with Gasteiger partial charge in [-0.2, -0.15) is 0 Å². The van der Waals surface area contributed by atoms with Gasteiger partial charge in [0, 0.05) is 12.2 Å². The van der Waals surface area contributed by atoms with Gasteiger partial charge in [0.25, 0.3) is 0 Å². The monoisotopic (exact) mass is 306 g/mol. The van der Waals surface area contributed by atoms with Gasteiger partial charge in [0.15, 0.2) is 0 Å². The van der Waals surface area contributed by atoms with Crippen LogP contribution in [0.2, 0.25) is 5.02 Å². The Morgan fingerprint density at radius 1 is 1.29 bits per heavy atom. The molecule has 0 atom stereocenters. The predicted molar refractivity (Wildman–Crippen MR) is 84.6 cm³/mol. The molecule has 0 unspecified atom stereocenters. The van der Waals surface area contributed by atoms with Crippen LogP contribution in [0.3, 0.4) is 0 Å². The highest BCUT2D eigenvalue weighted by Gasteiger charge is 2.17. The molecule has 0 heterocycles. The van der Waals surface area contributed by atoms with E-state index >= 15 is 0 Å². The van der Waals surface area contributed by atoms with Crippen molar-refractivity contribution in [2.45, 2.75) is 13.8 Å². The Balaban J connectivity index is 2.25. The van der Waals surface area contributed by atoms with Gasteiger partial charge < -0.3 is 5.32 Å². The smallest absolute Gasteiger partial charge is 0.304 e. The molecule has 0 fully saturated rings. The molecular weight excluding hydrogens is 291 g/mol. The van der Waals surface area contributed by atoms with Crippen molar-refractivity contribution in [2.24, 2.45) is 0 Å². The minimum absolute atomic E-state index is 0.00438. The van der Waals surface area contributed by atoms with E-state index in [0.29, 0.717) is 6.54 Å². The standard InChI is InChI=1S/C16H16ClFN2O/c1-3-20(12-7-4-6-11(2)10-12)16(21)19-15-13(17)8-5-9-14(15)18/h4-10H,3H2,1-2H3,(H,19,21). The number of nitrogens with zero attached hydrogens (tertiary/aromatic N) is 1. The molecule has 0 bridgehead atoms. The highest BCUT2D eigenvalue weighted by molar-refractivity contribution is 6.33. The first kappa shape index (κ1) is 15.3. The average Bonchev–Trinajstić information content (AvgIpc) is 2.44. The van der Waals surface area contributed by atoms with E-state index in [2.05, 4.69) is 5.32 Å². The molecule has 3 nitrogen and oxygen atoms in total. The molecule has 0 aromatic heterocycles. The van der Waals surface area contributed by atoms with Crippen LogP contribution in [0.25, 0.3) is 0 Å². The Hall–Kier alpha value is -2.07. The van der Waals surface area contributed by atoms with Crippen LogP contribution in [0, 0.1) is 12.7 Å². The fraction of sp³-hybridized carbons (Fsp3) is 0.188. The molecule has 2 rings (SSSR count). The van der Waals surface area contributed by atoms with E-state index in [-0.39, 0.29) is 10.7 Å². The molecule has 0 saturated carbocycles. The van der Waals surface area contributed by atoms with Crippen LogP contribution in [0.15, 0.2) is 42.5 Å². The van der Waals surface area contributed by atoms with Gasteiger partial charge in [0.2, 0.25) is 0 Å². The van der Waals surface area contributed by atoms with Crippen molar-refractivity contribution < 1.29 is 9.18 Å². The molecule has 2 aromatic rings. The SMILES string of the molecule is CCN(C(=O)Nc1c(F)cccc1Cl)c1cccc(C)c1. The van der Waals surface area contributed by atoms with Gasteiger partial charge in [0.05, 0.1) is 10.7 Å². The quantitative estimate of drug-likeness (QED) is 0.864. The number of aryl methyl sites for hydroxylation is 1. The Kier molecular flexibility index (Phi) is 4.81. The minimum atomic E-state index is -0.559. The molecular formula is C16H16ClFN2O. The molecule has 21 heavy (non-hydrogen) atoms. The Labute approximate surface area is 128 Å². The third-order valence-corrected chi connectivity index (χ3v) is 3.38. The van der Waals surface area contributed by atoms with Crippen molar-refractivity contribution >= 4 is 29.0 Å². The number of carbonyl (C=O) groups is 1. The number of carbonyl (C=O) groups excluding carboxylic acids is 1. The zero-order valence-electron chi connectivity index (χ0n) is 11.9. The predicted octanol–water partition coefficient (Wildman–Crippen LogP) is 4.85. The Morgan fingerprint density at radius 3 is 2.62 bits per heavy atom. The summed E-state index contributed by atoms with van der Waals surface area (Å²) in [6.07, 6.45) is 0. The van der Waals surface area contributed by atoms with E-state index in [1.807, 2.05) is 38.1 Å². The number of nitrogens with one attached hydrogen (secondary N) is 1. The second-order valence-electron chi connectivity index (χ2n) is 4.61. The van der Waals surface area contributed by atoms with Gasteiger partial charge in [-0.3, -0.25) is 4.90 Å². The number of urea groups is 1. The first-order valence-electron chi connectivity index (χ1n) is 6.62. The molecule has 0 aliphatic heterocycles. The lowest BCUT2D eigenvalue weighted by Gasteiger charge is -2.22. The number of rotatable bonds is 3. The summed E-state index contributed by atoms with van der Waals surface area (Å²) >= 11 is 5.92.